The highest BCUT2D eigenvalue weighted by Gasteiger charge is 2.18. The van der Waals surface area contributed by atoms with E-state index in [0.29, 0.717) is 0 Å². The highest BCUT2D eigenvalue weighted by atomic mass is 15.0. The van der Waals surface area contributed by atoms with Crippen LogP contribution in [0.5, 0.6) is 0 Å². The largest absolute Gasteiger partial charge is 0.299 e. The van der Waals surface area contributed by atoms with Crippen LogP contribution < -0.4 is 0 Å². The van der Waals surface area contributed by atoms with Gasteiger partial charge in [0.15, 0.2) is 0 Å². The Labute approximate surface area is 402 Å². The first-order chi connectivity index (χ1) is 34.0. The molecule has 0 aliphatic heterocycles. The number of aromatic nitrogens is 4. The van der Waals surface area contributed by atoms with Crippen molar-refractivity contribution >= 4 is 21.8 Å². The van der Waals surface area contributed by atoms with E-state index in [1.54, 1.807) is 0 Å². The van der Waals surface area contributed by atoms with E-state index in [4.69, 9.17) is 4.98 Å². The van der Waals surface area contributed by atoms with Crippen LogP contribution in [0.25, 0.3) is 117 Å². The topological polar surface area (TPSA) is 43.6 Å². The maximum absolute atomic E-state index is 4.80. The molecule has 0 radical (unpaired) electrons. The van der Waals surface area contributed by atoms with Gasteiger partial charge >= 0.3 is 0 Å². The van der Waals surface area contributed by atoms with E-state index in [9.17, 15) is 0 Å². The molecule has 0 amide bonds. The quantitative estimate of drug-likeness (QED) is 0.145. The van der Waals surface area contributed by atoms with Crippen LogP contribution >= 0.6 is 0 Å². The lowest BCUT2D eigenvalue weighted by Gasteiger charge is -2.19. The van der Waals surface area contributed by atoms with E-state index < -0.39 is 0 Å². The van der Waals surface area contributed by atoms with Crippen molar-refractivity contribution in [2.24, 2.45) is 0 Å². The predicted molar refractivity (Wildman–Crippen MR) is 287 cm³/mol. The van der Waals surface area contributed by atoms with E-state index in [-0.39, 0.29) is 0 Å². The summed E-state index contributed by atoms with van der Waals surface area (Å²) in [6, 6.07) is 80.9. The Morgan fingerprint density at radius 3 is 1.20 bits per heavy atom. The van der Waals surface area contributed by atoms with Crippen molar-refractivity contribution in [2.75, 3.05) is 0 Å². The van der Waals surface area contributed by atoms with Gasteiger partial charge in [-0.2, -0.15) is 0 Å². The zero-order chi connectivity index (χ0) is 46.3. The second kappa shape index (κ2) is 17.7. The summed E-state index contributed by atoms with van der Waals surface area (Å²) < 4.78 is 2.18. The summed E-state index contributed by atoms with van der Waals surface area (Å²) in [4.78, 5) is 14.1. The molecule has 3 aromatic heterocycles. The molecule has 4 nitrogen and oxygen atoms in total. The Morgan fingerprint density at radius 2 is 0.725 bits per heavy atom. The molecule has 4 heteroatoms. The lowest BCUT2D eigenvalue weighted by molar-refractivity contribution is 1.09. The van der Waals surface area contributed by atoms with Gasteiger partial charge in [-0.1, -0.05) is 146 Å². The smallest absolute Gasteiger partial charge is 0.100 e. The summed E-state index contributed by atoms with van der Waals surface area (Å²) in [5.41, 5.74) is 23.7. The standard InChI is InChI=1S/C65H46N4/c1-43-35-48(62-23-11-13-33-66-62)27-31-54(43)60-21-9-7-19-58(60)51-37-50(38-52(39-51)59-20-8-10-22-61(59)55-32-28-49(36-44(55)2)63-24-12-14-34-67-63)57-18-6-5-17-56(57)45-25-29-53(30-26-45)69-42-68-64-40-46-15-3-4-16-47(46)41-65(64)69/h3-42H,1-2H3. The van der Waals surface area contributed by atoms with Crippen LogP contribution in [0, 0.1) is 13.8 Å². The molecule has 0 unspecified atom stereocenters. The molecular weight excluding hydrogens is 837 g/mol. The molecule has 9 aromatic carbocycles. The number of aryl methyl sites for hydroxylation is 2. The van der Waals surface area contributed by atoms with Gasteiger partial charge in [0.1, 0.15) is 6.33 Å². The van der Waals surface area contributed by atoms with Crippen LogP contribution in [-0.4, -0.2) is 19.5 Å². The van der Waals surface area contributed by atoms with Crippen LogP contribution in [0.1, 0.15) is 11.1 Å². The number of imidazole rings is 1. The molecule has 69 heavy (non-hydrogen) atoms. The molecule has 0 atom stereocenters. The van der Waals surface area contributed by atoms with E-state index in [1.807, 2.05) is 43.0 Å². The van der Waals surface area contributed by atoms with Gasteiger partial charge in [-0.15, -0.1) is 0 Å². The molecule has 0 aliphatic carbocycles. The Kier molecular flexibility index (Phi) is 10.6. The third-order valence-corrected chi connectivity index (χ3v) is 13.5. The molecule has 12 rings (SSSR count). The Morgan fingerprint density at radius 1 is 0.304 bits per heavy atom. The Hall–Kier alpha value is -8.99. The lowest BCUT2D eigenvalue weighted by Crippen LogP contribution is -1.94. The maximum Gasteiger partial charge on any atom is 0.100 e. The summed E-state index contributed by atoms with van der Waals surface area (Å²) in [6.07, 6.45) is 5.64. The van der Waals surface area contributed by atoms with Crippen LogP contribution in [0.2, 0.25) is 0 Å². The molecule has 0 aliphatic rings. The van der Waals surface area contributed by atoms with Gasteiger partial charge in [0.05, 0.1) is 22.4 Å². The van der Waals surface area contributed by atoms with Gasteiger partial charge < -0.3 is 0 Å². The second-order valence-corrected chi connectivity index (χ2v) is 17.8. The minimum Gasteiger partial charge on any atom is -0.299 e. The van der Waals surface area contributed by atoms with Crippen molar-refractivity contribution in [3.8, 4) is 95.0 Å². The van der Waals surface area contributed by atoms with E-state index in [2.05, 4.69) is 229 Å². The number of hydrogen-bond acceptors (Lipinski definition) is 3. The fraction of sp³-hybridized carbons (Fsp3) is 0.0308. The minimum absolute atomic E-state index is 0.968. The van der Waals surface area contributed by atoms with Crippen LogP contribution in [-0.2, 0) is 0 Å². The molecular formula is C65H46N4. The van der Waals surface area contributed by atoms with Crippen LogP contribution in [0.3, 0.4) is 0 Å². The summed E-state index contributed by atoms with van der Waals surface area (Å²) in [6.45, 7) is 4.41. The molecule has 0 N–H and O–H groups in total. The molecule has 0 bridgehead atoms. The van der Waals surface area contributed by atoms with Crippen molar-refractivity contribution in [3.05, 3.63) is 254 Å². The van der Waals surface area contributed by atoms with E-state index in [1.165, 1.54) is 55.3 Å². The Balaban J connectivity index is 0.999. The lowest BCUT2D eigenvalue weighted by atomic mass is 9.85. The molecule has 0 saturated heterocycles. The summed E-state index contributed by atoms with van der Waals surface area (Å²) in [5.74, 6) is 0. The van der Waals surface area contributed by atoms with Crippen molar-refractivity contribution < 1.29 is 0 Å². The van der Waals surface area contributed by atoms with Crippen molar-refractivity contribution in [3.63, 3.8) is 0 Å². The van der Waals surface area contributed by atoms with Crippen LogP contribution in [0.15, 0.2) is 243 Å². The van der Waals surface area contributed by atoms with Crippen molar-refractivity contribution in [2.45, 2.75) is 13.8 Å². The van der Waals surface area contributed by atoms with Crippen molar-refractivity contribution in [1.82, 2.24) is 19.5 Å². The van der Waals surface area contributed by atoms with Gasteiger partial charge in [-0.05, 0) is 181 Å². The highest BCUT2D eigenvalue weighted by Crippen LogP contribution is 2.44. The van der Waals surface area contributed by atoms with Gasteiger partial charge in [0.2, 0.25) is 0 Å². The molecule has 0 fully saturated rings. The SMILES string of the molecule is Cc1cc(-c2ccccn2)ccc1-c1ccccc1-c1cc(-c2ccccc2-c2ccc(-n3cnc4cc5ccccc5cc43)cc2)cc(-c2ccccc2-c2ccc(-c3ccccn3)cc2C)c1. The summed E-state index contributed by atoms with van der Waals surface area (Å²) >= 11 is 0. The number of nitrogens with zero attached hydrogens (tertiary/aromatic N) is 4. The number of rotatable bonds is 9. The first-order valence-corrected chi connectivity index (χ1v) is 23.5. The molecule has 0 spiro atoms. The average Bonchev–Trinajstić information content (AvgIpc) is 3.83. The molecule has 0 saturated carbocycles. The zero-order valence-corrected chi connectivity index (χ0v) is 38.4. The number of pyridine rings is 2. The Bertz CT molecular complexity index is 3700. The summed E-state index contributed by atoms with van der Waals surface area (Å²) in [5, 5.41) is 2.39. The fourth-order valence-corrected chi connectivity index (χ4v) is 10.0. The first kappa shape index (κ1) is 41.4. The maximum atomic E-state index is 4.80. The highest BCUT2D eigenvalue weighted by molar-refractivity contribution is 5.97. The molecule has 12 aromatic rings. The number of hydrogen-bond donors (Lipinski definition) is 0. The molecule has 326 valence electrons. The number of benzene rings is 9. The summed E-state index contributed by atoms with van der Waals surface area (Å²) in [7, 11) is 0. The van der Waals surface area contributed by atoms with Gasteiger partial charge in [0, 0.05) is 29.2 Å². The van der Waals surface area contributed by atoms with Gasteiger partial charge in [0.25, 0.3) is 0 Å². The monoisotopic (exact) mass is 882 g/mol. The third kappa shape index (κ3) is 7.88. The van der Waals surface area contributed by atoms with Gasteiger partial charge in [-0.3, -0.25) is 14.5 Å². The first-order valence-electron chi connectivity index (χ1n) is 23.5. The van der Waals surface area contributed by atoms with E-state index >= 15 is 0 Å². The normalized spacial score (nSPS) is 11.3. The average molecular weight is 883 g/mol. The van der Waals surface area contributed by atoms with E-state index in [0.717, 1.165) is 72.6 Å². The predicted octanol–water partition coefficient (Wildman–Crippen LogP) is 16.9. The van der Waals surface area contributed by atoms with Gasteiger partial charge in [-0.25, -0.2) is 4.98 Å². The van der Waals surface area contributed by atoms with Crippen molar-refractivity contribution in [1.29, 1.82) is 0 Å². The third-order valence-electron chi connectivity index (χ3n) is 13.5. The molecule has 3 heterocycles. The zero-order valence-electron chi connectivity index (χ0n) is 38.4. The van der Waals surface area contributed by atoms with Crippen LogP contribution in [0.4, 0.5) is 0 Å². The minimum atomic E-state index is 0.968. The fourth-order valence-electron chi connectivity index (χ4n) is 10.0. The number of fused-ring (bicyclic) bond motifs is 2. The second-order valence-electron chi connectivity index (χ2n) is 17.8.